The SMILES string of the molecule is NCC1[C@H]2CN(Cc3ccc4c(c3)C(=O)N(C3CCC(=O)NC3=O)C4=O)C[C@@H]12. The van der Waals surface area contributed by atoms with Crippen molar-refractivity contribution in [1.82, 2.24) is 15.1 Å². The summed E-state index contributed by atoms with van der Waals surface area (Å²) in [4.78, 5) is 52.5. The van der Waals surface area contributed by atoms with Crippen molar-refractivity contribution in [3.63, 3.8) is 0 Å². The molecule has 4 amide bonds. The lowest BCUT2D eigenvalue weighted by Crippen LogP contribution is -2.54. The number of hydrogen-bond donors (Lipinski definition) is 2. The van der Waals surface area contributed by atoms with Gasteiger partial charge in [-0.15, -0.1) is 0 Å². The average Bonchev–Trinajstić information content (AvgIpc) is 3.03. The van der Waals surface area contributed by atoms with Crippen molar-refractivity contribution in [1.29, 1.82) is 0 Å². The highest BCUT2D eigenvalue weighted by molar-refractivity contribution is 6.23. The Bertz CT molecular complexity index is 901. The molecule has 0 bridgehead atoms. The molecule has 1 aromatic rings. The summed E-state index contributed by atoms with van der Waals surface area (Å²) in [7, 11) is 0. The minimum absolute atomic E-state index is 0.121. The van der Waals surface area contributed by atoms with Gasteiger partial charge in [-0.1, -0.05) is 6.07 Å². The summed E-state index contributed by atoms with van der Waals surface area (Å²) in [6, 6.07) is 4.40. The fourth-order valence-electron chi connectivity index (χ4n) is 5.09. The number of nitrogens with two attached hydrogens (primary N) is 1. The monoisotopic (exact) mass is 382 g/mol. The quantitative estimate of drug-likeness (QED) is 0.693. The summed E-state index contributed by atoms with van der Waals surface area (Å²) < 4.78 is 0. The van der Waals surface area contributed by atoms with Gasteiger partial charge in [0.2, 0.25) is 11.8 Å². The van der Waals surface area contributed by atoms with Crippen LogP contribution in [0.1, 0.15) is 39.1 Å². The van der Waals surface area contributed by atoms with Gasteiger partial charge < -0.3 is 5.73 Å². The Kier molecular flexibility index (Phi) is 3.89. The molecule has 3 N–H and O–H groups in total. The Morgan fingerprint density at radius 1 is 1.04 bits per heavy atom. The molecule has 2 unspecified atom stereocenters. The second kappa shape index (κ2) is 6.22. The number of fused-ring (bicyclic) bond motifs is 2. The van der Waals surface area contributed by atoms with E-state index in [1.165, 1.54) is 0 Å². The number of nitrogens with zero attached hydrogens (tertiary/aromatic N) is 2. The van der Waals surface area contributed by atoms with Crippen LogP contribution in [0.15, 0.2) is 18.2 Å². The lowest BCUT2D eigenvalue weighted by atomic mass is 10.0. The van der Waals surface area contributed by atoms with E-state index in [4.69, 9.17) is 5.73 Å². The van der Waals surface area contributed by atoms with Crippen LogP contribution in [0, 0.1) is 17.8 Å². The number of imide groups is 2. The van der Waals surface area contributed by atoms with Gasteiger partial charge in [0, 0.05) is 26.1 Å². The molecule has 4 aliphatic rings. The first kappa shape index (κ1) is 17.5. The van der Waals surface area contributed by atoms with Crippen LogP contribution in [0.3, 0.4) is 0 Å². The van der Waals surface area contributed by atoms with Crippen molar-refractivity contribution in [3.05, 3.63) is 34.9 Å². The standard InChI is InChI=1S/C20H22N4O4/c21-6-13-14-8-23(9-15(13)14)7-10-1-2-11-12(5-10)20(28)24(19(11)27)16-3-4-17(25)22-18(16)26/h1-2,5,13-16H,3-4,6-9,21H2,(H,22,25,26)/t13?,14-,15+,16?. The molecule has 0 aromatic heterocycles. The minimum Gasteiger partial charge on any atom is -0.330 e. The summed E-state index contributed by atoms with van der Waals surface area (Å²) in [6.07, 6.45) is 0.290. The van der Waals surface area contributed by atoms with Crippen LogP contribution in [0.4, 0.5) is 0 Å². The molecule has 1 aromatic carbocycles. The molecular weight excluding hydrogens is 360 g/mol. The molecule has 8 nitrogen and oxygen atoms in total. The highest BCUT2D eigenvalue weighted by Gasteiger charge is 2.54. The van der Waals surface area contributed by atoms with E-state index in [0.717, 1.165) is 36.6 Å². The molecular formula is C20H22N4O4. The van der Waals surface area contributed by atoms with Crippen LogP contribution in [0.2, 0.25) is 0 Å². The summed E-state index contributed by atoms with van der Waals surface area (Å²) in [5, 5.41) is 2.21. The molecule has 2 saturated heterocycles. The van der Waals surface area contributed by atoms with E-state index in [2.05, 4.69) is 10.2 Å². The first-order chi connectivity index (χ1) is 13.5. The topological polar surface area (TPSA) is 113 Å². The molecule has 3 fully saturated rings. The van der Waals surface area contributed by atoms with Gasteiger partial charge in [0.05, 0.1) is 11.1 Å². The van der Waals surface area contributed by atoms with Crippen LogP contribution in [0.25, 0.3) is 0 Å². The predicted octanol–water partition coefficient (Wildman–Crippen LogP) is -0.276. The average molecular weight is 382 g/mol. The Morgan fingerprint density at radius 3 is 2.43 bits per heavy atom. The molecule has 1 aliphatic carbocycles. The molecule has 8 heteroatoms. The van der Waals surface area contributed by atoms with Crippen molar-refractivity contribution >= 4 is 23.6 Å². The third kappa shape index (κ3) is 2.59. The second-order valence-corrected chi connectivity index (χ2v) is 8.25. The lowest BCUT2D eigenvalue weighted by Gasteiger charge is -2.27. The zero-order valence-corrected chi connectivity index (χ0v) is 15.4. The second-order valence-electron chi connectivity index (χ2n) is 8.25. The third-order valence-corrected chi connectivity index (χ3v) is 6.63. The number of rotatable bonds is 4. The van der Waals surface area contributed by atoms with Crippen molar-refractivity contribution in [3.8, 4) is 0 Å². The molecule has 3 heterocycles. The van der Waals surface area contributed by atoms with E-state index in [0.29, 0.717) is 28.9 Å². The van der Waals surface area contributed by atoms with Gasteiger partial charge >= 0.3 is 0 Å². The number of carbonyl (C=O) groups is 4. The number of benzene rings is 1. The van der Waals surface area contributed by atoms with E-state index in [9.17, 15) is 19.2 Å². The number of nitrogens with one attached hydrogen (secondary N) is 1. The molecule has 0 spiro atoms. The van der Waals surface area contributed by atoms with E-state index in [1.54, 1.807) is 12.1 Å². The molecule has 1 saturated carbocycles. The van der Waals surface area contributed by atoms with Gasteiger partial charge in [0.1, 0.15) is 6.04 Å². The zero-order valence-electron chi connectivity index (χ0n) is 15.4. The molecule has 5 rings (SSSR count). The minimum atomic E-state index is -0.924. The van der Waals surface area contributed by atoms with Gasteiger partial charge in [-0.05, 0) is 48.4 Å². The summed E-state index contributed by atoms with van der Waals surface area (Å²) in [5.74, 6) is 0.185. The van der Waals surface area contributed by atoms with Crippen molar-refractivity contribution < 1.29 is 19.2 Å². The van der Waals surface area contributed by atoms with Crippen LogP contribution in [-0.2, 0) is 16.1 Å². The van der Waals surface area contributed by atoms with E-state index < -0.39 is 23.8 Å². The van der Waals surface area contributed by atoms with Crippen molar-refractivity contribution in [2.24, 2.45) is 23.5 Å². The Labute approximate surface area is 162 Å². The Hall–Kier alpha value is -2.58. The van der Waals surface area contributed by atoms with Gasteiger partial charge in [-0.25, -0.2) is 0 Å². The molecule has 4 atom stereocenters. The smallest absolute Gasteiger partial charge is 0.262 e. The van der Waals surface area contributed by atoms with Crippen LogP contribution in [0.5, 0.6) is 0 Å². The van der Waals surface area contributed by atoms with Crippen molar-refractivity contribution in [2.45, 2.75) is 25.4 Å². The Balaban J connectivity index is 1.32. The first-order valence-corrected chi connectivity index (χ1v) is 9.75. The number of hydrogen-bond acceptors (Lipinski definition) is 6. The molecule has 0 radical (unpaired) electrons. The highest BCUT2D eigenvalue weighted by atomic mass is 16.2. The number of likely N-dealkylation sites (tertiary alicyclic amines) is 1. The van der Waals surface area contributed by atoms with Crippen LogP contribution < -0.4 is 11.1 Å². The number of piperidine rings is 2. The summed E-state index contributed by atoms with van der Waals surface area (Å²) in [5.41, 5.74) is 7.41. The zero-order chi connectivity index (χ0) is 19.6. The normalized spacial score (nSPS) is 31.8. The highest BCUT2D eigenvalue weighted by Crippen LogP contribution is 2.51. The van der Waals surface area contributed by atoms with Crippen LogP contribution >= 0.6 is 0 Å². The maximum Gasteiger partial charge on any atom is 0.262 e. The van der Waals surface area contributed by atoms with Gasteiger partial charge in [0.15, 0.2) is 0 Å². The van der Waals surface area contributed by atoms with Gasteiger partial charge in [0.25, 0.3) is 11.8 Å². The lowest BCUT2D eigenvalue weighted by molar-refractivity contribution is -0.136. The van der Waals surface area contributed by atoms with Crippen LogP contribution in [-0.4, -0.2) is 59.1 Å². The van der Waals surface area contributed by atoms with E-state index in [-0.39, 0.29) is 18.7 Å². The molecule has 3 aliphatic heterocycles. The van der Waals surface area contributed by atoms with Crippen molar-refractivity contribution in [2.75, 3.05) is 19.6 Å². The van der Waals surface area contributed by atoms with Gasteiger partial charge in [-0.2, -0.15) is 0 Å². The maximum absolute atomic E-state index is 12.9. The van der Waals surface area contributed by atoms with Gasteiger partial charge in [-0.3, -0.25) is 34.3 Å². The fraction of sp³-hybridized carbons (Fsp3) is 0.500. The number of amides is 4. The first-order valence-electron chi connectivity index (χ1n) is 9.75. The summed E-state index contributed by atoms with van der Waals surface area (Å²) >= 11 is 0. The van der Waals surface area contributed by atoms with E-state index in [1.807, 2.05) is 6.07 Å². The molecule has 28 heavy (non-hydrogen) atoms. The largest absolute Gasteiger partial charge is 0.330 e. The number of carbonyl (C=O) groups excluding carboxylic acids is 4. The Morgan fingerprint density at radius 2 is 1.75 bits per heavy atom. The fourth-order valence-corrected chi connectivity index (χ4v) is 5.09. The summed E-state index contributed by atoms with van der Waals surface area (Å²) in [6.45, 7) is 3.55. The molecule has 146 valence electrons. The van der Waals surface area contributed by atoms with E-state index >= 15 is 0 Å². The third-order valence-electron chi connectivity index (χ3n) is 6.63. The predicted molar refractivity (Wildman–Crippen MR) is 97.9 cm³/mol. The maximum atomic E-state index is 12.9.